The lowest BCUT2D eigenvalue weighted by Crippen LogP contribution is -2.04. The first-order valence-electron chi connectivity index (χ1n) is 4.34. The SMILES string of the molecule is CCc1c(C)ncc(CN)c1C. The van der Waals surface area contributed by atoms with Gasteiger partial charge in [-0.15, -0.1) is 0 Å². The van der Waals surface area contributed by atoms with Gasteiger partial charge < -0.3 is 5.73 Å². The number of pyridine rings is 1. The zero-order valence-corrected chi connectivity index (χ0v) is 8.02. The van der Waals surface area contributed by atoms with E-state index in [9.17, 15) is 0 Å². The Hall–Kier alpha value is -0.890. The highest BCUT2D eigenvalue weighted by atomic mass is 14.7. The molecule has 1 aromatic heterocycles. The van der Waals surface area contributed by atoms with Gasteiger partial charge in [-0.05, 0) is 37.0 Å². The smallest absolute Gasteiger partial charge is 0.0407 e. The van der Waals surface area contributed by atoms with Crippen molar-refractivity contribution in [2.75, 3.05) is 0 Å². The molecule has 2 N–H and O–H groups in total. The Morgan fingerprint density at radius 3 is 2.58 bits per heavy atom. The number of nitrogens with zero attached hydrogens (tertiary/aromatic N) is 1. The molecule has 0 bridgehead atoms. The van der Waals surface area contributed by atoms with Gasteiger partial charge >= 0.3 is 0 Å². The molecule has 1 aromatic rings. The van der Waals surface area contributed by atoms with E-state index < -0.39 is 0 Å². The Bertz CT molecular complexity index is 279. The average Bonchev–Trinajstić information content (AvgIpc) is 2.06. The predicted octanol–water partition coefficient (Wildman–Crippen LogP) is 1.72. The second-order valence-corrected chi connectivity index (χ2v) is 3.03. The van der Waals surface area contributed by atoms with Gasteiger partial charge in [-0.25, -0.2) is 0 Å². The van der Waals surface area contributed by atoms with E-state index in [4.69, 9.17) is 5.73 Å². The molecule has 0 saturated carbocycles. The van der Waals surface area contributed by atoms with Gasteiger partial charge in [0.05, 0.1) is 0 Å². The van der Waals surface area contributed by atoms with Crippen LogP contribution in [0.4, 0.5) is 0 Å². The molecule has 0 aliphatic heterocycles. The standard InChI is InChI=1S/C10H16N2/c1-4-10-7(2)9(5-11)6-12-8(10)3/h6H,4-5,11H2,1-3H3. The first-order valence-corrected chi connectivity index (χ1v) is 4.34. The number of hydrogen-bond acceptors (Lipinski definition) is 2. The number of aromatic nitrogens is 1. The Morgan fingerprint density at radius 1 is 1.42 bits per heavy atom. The quantitative estimate of drug-likeness (QED) is 0.722. The van der Waals surface area contributed by atoms with Crippen molar-refractivity contribution in [3.05, 3.63) is 28.6 Å². The van der Waals surface area contributed by atoms with Gasteiger partial charge in [-0.1, -0.05) is 6.92 Å². The molecule has 2 nitrogen and oxygen atoms in total. The Labute approximate surface area is 73.8 Å². The minimum Gasteiger partial charge on any atom is -0.326 e. The molecule has 0 spiro atoms. The van der Waals surface area contributed by atoms with Crippen molar-refractivity contribution in [1.82, 2.24) is 4.98 Å². The van der Waals surface area contributed by atoms with Crippen molar-refractivity contribution in [2.45, 2.75) is 33.7 Å². The third-order valence-electron chi connectivity index (χ3n) is 2.36. The lowest BCUT2D eigenvalue weighted by Gasteiger charge is -2.10. The largest absolute Gasteiger partial charge is 0.326 e. The normalized spacial score (nSPS) is 10.3. The monoisotopic (exact) mass is 164 g/mol. The summed E-state index contributed by atoms with van der Waals surface area (Å²) in [5, 5.41) is 0. The third kappa shape index (κ3) is 1.48. The summed E-state index contributed by atoms with van der Waals surface area (Å²) in [4.78, 5) is 4.30. The molecule has 1 heterocycles. The van der Waals surface area contributed by atoms with Crippen LogP contribution in [0.2, 0.25) is 0 Å². The number of aryl methyl sites for hydroxylation is 1. The van der Waals surface area contributed by atoms with Crippen molar-refractivity contribution in [3.63, 3.8) is 0 Å². The first-order chi connectivity index (χ1) is 5.70. The van der Waals surface area contributed by atoms with Crippen LogP contribution in [0, 0.1) is 13.8 Å². The molecule has 0 unspecified atom stereocenters. The summed E-state index contributed by atoms with van der Waals surface area (Å²) in [6.07, 6.45) is 2.92. The molecule has 0 fully saturated rings. The summed E-state index contributed by atoms with van der Waals surface area (Å²) in [6.45, 7) is 6.91. The summed E-state index contributed by atoms with van der Waals surface area (Å²) in [7, 11) is 0. The number of rotatable bonds is 2. The summed E-state index contributed by atoms with van der Waals surface area (Å²) >= 11 is 0. The molecule has 0 saturated heterocycles. The Balaban J connectivity index is 3.24. The van der Waals surface area contributed by atoms with Gasteiger partial charge in [0, 0.05) is 18.4 Å². The molecular weight excluding hydrogens is 148 g/mol. The fraction of sp³-hybridized carbons (Fsp3) is 0.500. The maximum atomic E-state index is 5.58. The van der Waals surface area contributed by atoms with Crippen molar-refractivity contribution in [1.29, 1.82) is 0 Å². The Kier molecular flexibility index (Phi) is 2.82. The van der Waals surface area contributed by atoms with E-state index in [1.807, 2.05) is 13.1 Å². The summed E-state index contributed by atoms with van der Waals surface area (Å²) in [6, 6.07) is 0. The van der Waals surface area contributed by atoms with E-state index in [0.717, 1.165) is 17.7 Å². The molecule has 0 radical (unpaired) electrons. The van der Waals surface area contributed by atoms with Crippen LogP contribution in [0.25, 0.3) is 0 Å². The third-order valence-corrected chi connectivity index (χ3v) is 2.36. The van der Waals surface area contributed by atoms with Gasteiger partial charge in [0.1, 0.15) is 0 Å². The van der Waals surface area contributed by atoms with Crippen LogP contribution in [0.5, 0.6) is 0 Å². The molecule has 12 heavy (non-hydrogen) atoms. The molecule has 0 amide bonds. The van der Waals surface area contributed by atoms with Gasteiger partial charge in [-0.3, -0.25) is 4.98 Å². The average molecular weight is 164 g/mol. The highest BCUT2D eigenvalue weighted by Crippen LogP contribution is 2.15. The molecular formula is C10H16N2. The zero-order chi connectivity index (χ0) is 9.14. The minimum absolute atomic E-state index is 0.589. The highest BCUT2D eigenvalue weighted by Gasteiger charge is 2.04. The van der Waals surface area contributed by atoms with Gasteiger partial charge in [0.2, 0.25) is 0 Å². The molecule has 0 atom stereocenters. The van der Waals surface area contributed by atoms with Crippen LogP contribution in [0.1, 0.15) is 29.3 Å². The molecule has 1 rings (SSSR count). The van der Waals surface area contributed by atoms with Crippen LogP contribution < -0.4 is 5.73 Å². The molecule has 2 heteroatoms. The summed E-state index contributed by atoms with van der Waals surface area (Å²) in [5.41, 5.74) is 10.5. The van der Waals surface area contributed by atoms with Crippen LogP contribution in [0.15, 0.2) is 6.20 Å². The summed E-state index contributed by atoms with van der Waals surface area (Å²) in [5.74, 6) is 0. The molecule has 0 aliphatic carbocycles. The topological polar surface area (TPSA) is 38.9 Å². The van der Waals surface area contributed by atoms with Crippen LogP contribution in [-0.4, -0.2) is 4.98 Å². The first kappa shape index (κ1) is 9.20. The van der Waals surface area contributed by atoms with Crippen LogP contribution >= 0.6 is 0 Å². The predicted molar refractivity (Wildman–Crippen MR) is 51.0 cm³/mol. The van der Waals surface area contributed by atoms with Crippen LogP contribution in [-0.2, 0) is 13.0 Å². The summed E-state index contributed by atoms with van der Waals surface area (Å²) < 4.78 is 0. The van der Waals surface area contributed by atoms with Crippen molar-refractivity contribution >= 4 is 0 Å². The molecule has 66 valence electrons. The fourth-order valence-electron chi connectivity index (χ4n) is 1.54. The van der Waals surface area contributed by atoms with E-state index >= 15 is 0 Å². The maximum Gasteiger partial charge on any atom is 0.0407 e. The second-order valence-electron chi connectivity index (χ2n) is 3.03. The van der Waals surface area contributed by atoms with E-state index in [0.29, 0.717) is 6.54 Å². The highest BCUT2D eigenvalue weighted by molar-refractivity contribution is 5.34. The lowest BCUT2D eigenvalue weighted by molar-refractivity contribution is 0.955. The molecule has 0 aliphatic rings. The van der Waals surface area contributed by atoms with Gasteiger partial charge in [-0.2, -0.15) is 0 Å². The van der Waals surface area contributed by atoms with Crippen molar-refractivity contribution < 1.29 is 0 Å². The van der Waals surface area contributed by atoms with Crippen molar-refractivity contribution in [3.8, 4) is 0 Å². The zero-order valence-electron chi connectivity index (χ0n) is 8.02. The van der Waals surface area contributed by atoms with Gasteiger partial charge in [0.25, 0.3) is 0 Å². The van der Waals surface area contributed by atoms with Crippen molar-refractivity contribution in [2.24, 2.45) is 5.73 Å². The van der Waals surface area contributed by atoms with E-state index in [-0.39, 0.29) is 0 Å². The van der Waals surface area contributed by atoms with E-state index in [1.165, 1.54) is 11.1 Å². The minimum atomic E-state index is 0.589. The number of hydrogen-bond donors (Lipinski definition) is 1. The van der Waals surface area contributed by atoms with Gasteiger partial charge in [0.15, 0.2) is 0 Å². The fourth-order valence-corrected chi connectivity index (χ4v) is 1.54. The lowest BCUT2D eigenvalue weighted by atomic mass is 10.0. The maximum absolute atomic E-state index is 5.58. The van der Waals surface area contributed by atoms with E-state index in [2.05, 4.69) is 18.8 Å². The second kappa shape index (κ2) is 3.68. The Morgan fingerprint density at radius 2 is 2.08 bits per heavy atom. The van der Waals surface area contributed by atoms with E-state index in [1.54, 1.807) is 0 Å². The van der Waals surface area contributed by atoms with Crippen LogP contribution in [0.3, 0.4) is 0 Å². The molecule has 0 aromatic carbocycles. The number of nitrogens with two attached hydrogens (primary N) is 1.